The van der Waals surface area contributed by atoms with Gasteiger partial charge in [0.15, 0.2) is 6.29 Å². The predicted octanol–water partition coefficient (Wildman–Crippen LogP) is 5.00. The Morgan fingerprint density at radius 3 is 2.50 bits per heavy atom. The van der Waals surface area contributed by atoms with Gasteiger partial charge in [-0.15, -0.1) is 0 Å². The molecule has 0 bridgehead atoms. The van der Waals surface area contributed by atoms with Crippen LogP contribution in [0.15, 0.2) is 46.9 Å². The molecule has 2 rings (SSSR count). The summed E-state index contributed by atoms with van der Waals surface area (Å²) in [6, 6.07) is 12.6. The van der Waals surface area contributed by atoms with Crippen molar-refractivity contribution >= 4 is 28.3 Å². The summed E-state index contributed by atoms with van der Waals surface area (Å²) in [5.41, 5.74) is 0.850. The molecule has 0 unspecified atom stereocenters. The van der Waals surface area contributed by atoms with Crippen LogP contribution in [0.5, 0.6) is 11.5 Å². The number of ether oxygens (including phenoxy) is 2. The Bertz CT molecular complexity index is 832. The molecular formula is C21H24BrNO5. The SMILES string of the molecule is CC(C)(C)N(CCOc1ccc(C=O)c(OCc2ccccc2Br)c1)C(=O)O. The Hall–Kier alpha value is -2.54. The summed E-state index contributed by atoms with van der Waals surface area (Å²) in [5, 5.41) is 9.33. The van der Waals surface area contributed by atoms with Crippen molar-refractivity contribution in [2.24, 2.45) is 0 Å². The zero-order chi connectivity index (χ0) is 20.7. The van der Waals surface area contributed by atoms with Gasteiger partial charge in [-0.25, -0.2) is 4.79 Å². The van der Waals surface area contributed by atoms with Crippen LogP contribution in [0.1, 0.15) is 36.7 Å². The highest BCUT2D eigenvalue weighted by Gasteiger charge is 2.25. The quantitative estimate of drug-likeness (QED) is 0.573. The van der Waals surface area contributed by atoms with E-state index in [1.54, 1.807) is 18.2 Å². The third-order valence-corrected chi connectivity index (χ3v) is 4.85. The van der Waals surface area contributed by atoms with Gasteiger partial charge in [-0.3, -0.25) is 4.79 Å². The molecule has 0 saturated heterocycles. The van der Waals surface area contributed by atoms with E-state index in [0.717, 1.165) is 16.3 Å². The molecule has 0 spiro atoms. The first-order chi connectivity index (χ1) is 13.2. The molecule has 150 valence electrons. The van der Waals surface area contributed by atoms with Crippen molar-refractivity contribution in [1.29, 1.82) is 0 Å². The molecule has 0 aliphatic heterocycles. The summed E-state index contributed by atoms with van der Waals surface area (Å²) in [6.07, 6.45) is -0.268. The van der Waals surface area contributed by atoms with E-state index in [4.69, 9.17) is 9.47 Å². The third kappa shape index (κ3) is 5.99. The average Bonchev–Trinajstić information content (AvgIpc) is 2.63. The maximum atomic E-state index is 11.4. The summed E-state index contributed by atoms with van der Waals surface area (Å²) < 4.78 is 12.4. The molecule has 0 fully saturated rings. The Balaban J connectivity index is 2.04. The van der Waals surface area contributed by atoms with Crippen LogP contribution in [0.4, 0.5) is 4.79 Å². The molecule has 0 aromatic heterocycles. The zero-order valence-corrected chi connectivity index (χ0v) is 17.7. The lowest BCUT2D eigenvalue weighted by molar-refractivity contribution is 0.0891. The van der Waals surface area contributed by atoms with Crippen LogP contribution in [0.3, 0.4) is 0 Å². The molecule has 2 aromatic carbocycles. The van der Waals surface area contributed by atoms with Crippen molar-refractivity contribution in [2.75, 3.05) is 13.2 Å². The molecule has 1 amide bonds. The second-order valence-electron chi connectivity index (χ2n) is 7.15. The Labute approximate surface area is 173 Å². The van der Waals surface area contributed by atoms with Gasteiger partial charge in [-0.05, 0) is 39.0 Å². The molecule has 0 aliphatic rings. The van der Waals surface area contributed by atoms with E-state index in [9.17, 15) is 14.7 Å². The van der Waals surface area contributed by atoms with Crippen molar-refractivity contribution in [2.45, 2.75) is 32.9 Å². The third-order valence-electron chi connectivity index (χ3n) is 4.08. The lowest BCUT2D eigenvalue weighted by atomic mass is 10.1. The van der Waals surface area contributed by atoms with Gasteiger partial charge in [0, 0.05) is 21.6 Å². The minimum absolute atomic E-state index is 0.188. The largest absolute Gasteiger partial charge is 0.492 e. The second kappa shape index (κ2) is 9.59. The summed E-state index contributed by atoms with van der Waals surface area (Å²) >= 11 is 3.47. The molecule has 0 saturated carbocycles. The molecule has 0 radical (unpaired) electrons. The number of benzene rings is 2. The van der Waals surface area contributed by atoms with Crippen molar-refractivity contribution in [3.05, 3.63) is 58.1 Å². The van der Waals surface area contributed by atoms with E-state index in [2.05, 4.69) is 15.9 Å². The van der Waals surface area contributed by atoms with Crippen LogP contribution in [0.2, 0.25) is 0 Å². The van der Waals surface area contributed by atoms with Crippen LogP contribution >= 0.6 is 15.9 Å². The van der Waals surface area contributed by atoms with E-state index in [1.165, 1.54) is 4.90 Å². The Morgan fingerprint density at radius 2 is 1.89 bits per heavy atom. The first-order valence-electron chi connectivity index (χ1n) is 8.81. The minimum Gasteiger partial charge on any atom is -0.492 e. The molecule has 0 heterocycles. The van der Waals surface area contributed by atoms with Crippen LogP contribution in [0, 0.1) is 0 Å². The molecule has 6 nitrogen and oxygen atoms in total. The number of carbonyl (C=O) groups excluding carboxylic acids is 1. The molecule has 0 atom stereocenters. The summed E-state index contributed by atoms with van der Waals surface area (Å²) in [6.45, 7) is 6.19. The summed E-state index contributed by atoms with van der Waals surface area (Å²) in [5.74, 6) is 0.918. The van der Waals surface area contributed by atoms with Crippen molar-refractivity contribution in [1.82, 2.24) is 4.90 Å². The average molecular weight is 450 g/mol. The maximum absolute atomic E-state index is 11.4. The number of carboxylic acid groups (broad SMARTS) is 1. The fourth-order valence-corrected chi connectivity index (χ4v) is 2.97. The van der Waals surface area contributed by atoms with Crippen molar-refractivity contribution in [3.63, 3.8) is 0 Å². The fraction of sp³-hybridized carbons (Fsp3) is 0.333. The first kappa shape index (κ1) is 21.8. The lowest BCUT2D eigenvalue weighted by Crippen LogP contribution is -2.46. The maximum Gasteiger partial charge on any atom is 0.407 e. The predicted molar refractivity (Wildman–Crippen MR) is 110 cm³/mol. The highest BCUT2D eigenvalue weighted by atomic mass is 79.9. The number of aldehydes is 1. The van der Waals surface area contributed by atoms with Gasteiger partial charge in [0.1, 0.15) is 24.7 Å². The number of carbonyl (C=O) groups is 2. The van der Waals surface area contributed by atoms with E-state index in [1.807, 2.05) is 45.0 Å². The molecule has 28 heavy (non-hydrogen) atoms. The minimum atomic E-state index is -0.995. The van der Waals surface area contributed by atoms with E-state index in [-0.39, 0.29) is 13.2 Å². The topological polar surface area (TPSA) is 76.1 Å². The Morgan fingerprint density at radius 1 is 1.18 bits per heavy atom. The van der Waals surface area contributed by atoms with E-state index in [0.29, 0.717) is 23.7 Å². The van der Waals surface area contributed by atoms with Gasteiger partial charge in [-0.2, -0.15) is 0 Å². The van der Waals surface area contributed by atoms with Gasteiger partial charge in [-0.1, -0.05) is 34.1 Å². The number of rotatable bonds is 8. The standard InChI is InChI=1S/C21H24BrNO5/c1-21(2,3)23(20(25)26)10-11-27-17-9-8-15(13-24)19(12-17)28-14-16-6-4-5-7-18(16)22/h4-9,12-13H,10-11,14H2,1-3H3,(H,25,26). The summed E-state index contributed by atoms with van der Waals surface area (Å²) in [4.78, 5) is 24.0. The summed E-state index contributed by atoms with van der Waals surface area (Å²) in [7, 11) is 0. The van der Waals surface area contributed by atoms with Crippen LogP contribution in [-0.2, 0) is 6.61 Å². The molecule has 7 heteroatoms. The van der Waals surface area contributed by atoms with Gasteiger partial charge >= 0.3 is 6.09 Å². The lowest BCUT2D eigenvalue weighted by Gasteiger charge is -2.32. The smallest absolute Gasteiger partial charge is 0.407 e. The second-order valence-corrected chi connectivity index (χ2v) is 8.01. The molecular weight excluding hydrogens is 426 g/mol. The zero-order valence-electron chi connectivity index (χ0n) is 16.1. The van der Waals surface area contributed by atoms with Crippen molar-refractivity contribution < 1.29 is 24.2 Å². The van der Waals surface area contributed by atoms with Gasteiger partial charge in [0.2, 0.25) is 0 Å². The number of halogens is 1. The van der Waals surface area contributed by atoms with Crippen LogP contribution in [0.25, 0.3) is 0 Å². The van der Waals surface area contributed by atoms with Crippen LogP contribution in [-0.4, -0.2) is 41.1 Å². The van der Waals surface area contributed by atoms with Gasteiger partial charge in [0.05, 0.1) is 12.1 Å². The van der Waals surface area contributed by atoms with Crippen molar-refractivity contribution in [3.8, 4) is 11.5 Å². The number of hydrogen-bond acceptors (Lipinski definition) is 4. The Kier molecular flexibility index (Phi) is 7.45. The normalized spacial score (nSPS) is 11.0. The highest BCUT2D eigenvalue weighted by Crippen LogP contribution is 2.26. The van der Waals surface area contributed by atoms with E-state index < -0.39 is 11.6 Å². The molecule has 0 aliphatic carbocycles. The highest BCUT2D eigenvalue weighted by molar-refractivity contribution is 9.10. The number of nitrogens with zero attached hydrogens (tertiary/aromatic N) is 1. The molecule has 2 aromatic rings. The fourth-order valence-electron chi connectivity index (χ4n) is 2.57. The first-order valence-corrected chi connectivity index (χ1v) is 9.60. The van der Waals surface area contributed by atoms with Gasteiger partial charge in [0.25, 0.3) is 0 Å². The number of amides is 1. The van der Waals surface area contributed by atoms with Crippen LogP contribution < -0.4 is 9.47 Å². The van der Waals surface area contributed by atoms with E-state index >= 15 is 0 Å². The van der Waals surface area contributed by atoms with Gasteiger partial charge < -0.3 is 19.5 Å². The number of hydrogen-bond donors (Lipinski definition) is 1. The molecule has 1 N–H and O–H groups in total. The monoisotopic (exact) mass is 449 g/mol.